The highest BCUT2D eigenvalue weighted by Gasteiger charge is 2.12. The average molecular weight is 381 g/mol. The van der Waals surface area contributed by atoms with Crippen LogP contribution in [0.4, 0.5) is 0 Å². The van der Waals surface area contributed by atoms with E-state index in [0.29, 0.717) is 23.2 Å². The lowest BCUT2D eigenvalue weighted by Gasteiger charge is -2.16. The van der Waals surface area contributed by atoms with Crippen LogP contribution in [0.15, 0.2) is 63.6 Å². The predicted octanol–water partition coefficient (Wildman–Crippen LogP) is 4.72. The Morgan fingerprint density at radius 1 is 1.15 bits per heavy atom. The molecule has 0 N–H and O–H groups in total. The molecule has 0 saturated carbocycles. The Morgan fingerprint density at radius 3 is 2.74 bits per heavy atom. The average Bonchev–Trinajstić information content (AvgIpc) is 3.31. The largest absolute Gasteiger partial charge is 0.497 e. The SMILES string of the molecule is COc1ccc2cc(CN(C)Cn3nc(-c4ccco4)oc3=S)ccc2c1. The summed E-state index contributed by atoms with van der Waals surface area (Å²) in [6.45, 7) is 1.27. The topological polar surface area (TPSA) is 56.6 Å². The molecule has 0 bridgehead atoms. The summed E-state index contributed by atoms with van der Waals surface area (Å²) in [6, 6.07) is 16.1. The molecule has 0 saturated heterocycles. The zero-order valence-electron chi connectivity index (χ0n) is 15.1. The summed E-state index contributed by atoms with van der Waals surface area (Å²) in [5.41, 5.74) is 1.21. The molecular formula is C20H19N3O3S. The van der Waals surface area contributed by atoms with E-state index >= 15 is 0 Å². The van der Waals surface area contributed by atoms with Crippen molar-refractivity contribution in [1.29, 1.82) is 0 Å². The van der Waals surface area contributed by atoms with Crippen LogP contribution < -0.4 is 4.74 Å². The van der Waals surface area contributed by atoms with Gasteiger partial charge in [-0.2, -0.15) is 0 Å². The van der Waals surface area contributed by atoms with E-state index in [1.54, 1.807) is 30.2 Å². The summed E-state index contributed by atoms with van der Waals surface area (Å²) >= 11 is 5.27. The van der Waals surface area contributed by atoms with Gasteiger partial charge in [-0.25, -0.2) is 4.68 Å². The normalized spacial score (nSPS) is 11.4. The van der Waals surface area contributed by atoms with Crippen LogP contribution in [0.2, 0.25) is 0 Å². The Kier molecular flexibility index (Phi) is 4.79. The fraction of sp³-hybridized carbons (Fsp3) is 0.200. The number of rotatable bonds is 6. The summed E-state index contributed by atoms with van der Waals surface area (Å²) < 4.78 is 17.8. The second-order valence-electron chi connectivity index (χ2n) is 6.35. The lowest BCUT2D eigenvalue weighted by Crippen LogP contribution is -2.22. The molecule has 138 valence electrons. The van der Waals surface area contributed by atoms with Crippen LogP contribution in [0.1, 0.15) is 5.56 Å². The third kappa shape index (κ3) is 3.79. The lowest BCUT2D eigenvalue weighted by atomic mass is 10.1. The number of hydrogen-bond donors (Lipinski definition) is 0. The van der Waals surface area contributed by atoms with Gasteiger partial charge in [-0.1, -0.05) is 18.2 Å². The van der Waals surface area contributed by atoms with Gasteiger partial charge < -0.3 is 13.6 Å². The fourth-order valence-corrected chi connectivity index (χ4v) is 3.16. The van der Waals surface area contributed by atoms with Gasteiger partial charge in [0.25, 0.3) is 10.7 Å². The molecule has 0 radical (unpaired) electrons. The highest BCUT2D eigenvalue weighted by molar-refractivity contribution is 7.71. The highest BCUT2D eigenvalue weighted by Crippen LogP contribution is 2.23. The Hall–Kier alpha value is -2.90. The van der Waals surface area contributed by atoms with Crippen LogP contribution in [-0.2, 0) is 13.2 Å². The molecule has 6 nitrogen and oxygen atoms in total. The van der Waals surface area contributed by atoms with Crippen molar-refractivity contribution in [3.8, 4) is 17.4 Å². The van der Waals surface area contributed by atoms with Crippen molar-refractivity contribution in [1.82, 2.24) is 14.7 Å². The van der Waals surface area contributed by atoms with Crippen LogP contribution in [0, 0.1) is 4.84 Å². The molecule has 0 aliphatic rings. The van der Waals surface area contributed by atoms with Crippen molar-refractivity contribution in [2.24, 2.45) is 0 Å². The quantitative estimate of drug-likeness (QED) is 0.451. The first-order valence-corrected chi connectivity index (χ1v) is 8.90. The number of aromatic nitrogens is 2. The molecule has 7 heteroatoms. The highest BCUT2D eigenvalue weighted by atomic mass is 32.1. The number of methoxy groups -OCH3 is 1. The van der Waals surface area contributed by atoms with Crippen molar-refractivity contribution < 1.29 is 13.6 Å². The van der Waals surface area contributed by atoms with E-state index < -0.39 is 0 Å². The first kappa shape index (κ1) is 17.5. The maximum absolute atomic E-state index is 5.52. The van der Waals surface area contributed by atoms with Crippen molar-refractivity contribution in [3.05, 3.63) is 65.2 Å². The number of ether oxygens (including phenoxy) is 1. The minimum Gasteiger partial charge on any atom is -0.497 e. The number of nitrogens with zero attached hydrogens (tertiary/aromatic N) is 3. The van der Waals surface area contributed by atoms with Gasteiger partial charge >= 0.3 is 0 Å². The molecule has 2 aromatic carbocycles. The summed E-state index contributed by atoms with van der Waals surface area (Å²) in [6.07, 6.45) is 1.58. The molecule has 27 heavy (non-hydrogen) atoms. The van der Waals surface area contributed by atoms with Crippen LogP contribution in [0.3, 0.4) is 0 Å². The molecule has 0 aliphatic carbocycles. The Labute approximate surface area is 161 Å². The lowest BCUT2D eigenvalue weighted by molar-refractivity contribution is 0.241. The van der Waals surface area contributed by atoms with Gasteiger partial charge in [-0.3, -0.25) is 4.90 Å². The molecule has 0 fully saturated rings. The van der Waals surface area contributed by atoms with Crippen molar-refractivity contribution >= 4 is 23.0 Å². The van der Waals surface area contributed by atoms with Crippen molar-refractivity contribution in [3.63, 3.8) is 0 Å². The molecule has 4 rings (SSSR count). The van der Waals surface area contributed by atoms with E-state index in [2.05, 4.69) is 34.3 Å². The second-order valence-corrected chi connectivity index (χ2v) is 6.70. The molecule has 0 spiro atoms. The van der Waals surface area contributed by atoms with E-state index in [0.717, 1.165) is 17.7 Å². The smallest absolute Gasteiger partial charge is 0.288 e. The number of hydrogen-bond acceptors (Lipinski definition) is 6. The van der Waals surface area contributed by atoms with E-state index in [1.807, 2.05) is 19.2 Å². The maximum atomic E-state index is 5.52. The molecular weight excluding hydrogens is 362 g/mol. The Morgan fingerprint density at radius 2 is 1.96 bits per heavy atom. The number of fused-ring (bicyclic) bond motifs is 1. The zero-order chi connectivity index (χ0) is 18.8. The van der Waals surface area contributed by atoms with Gasteiger partial charge in [0.1, 0.15) is 5.75 Å². The first-order chi connectivity index (χ1) is 13.1. The monoisotopic (exact) mass is 381 g/mol. The van der Waals surface area contributed by atoms with E-state index in [4.69, 9.17) is 25.8 Å². The van der Waals surface area contributed by atoms with Crippen LogP contribution in [-0.4, -0.2) is 28.8 Å². The Bertz CT molecular complexity index is 1120. The van der Waals surface area contributed by atoms with E-state index in [-0.39, 0.29) is 0 Å². The molecule has 2 aromatic heterocycles. The first-order valence-electron chi connectivity index (χ1n) is 8.49. The maximum Gasteiger partial charge on any atom is 0.288 e. The molecule has 0 unspecified atom stereocenters. The van der Waals surface area contributed by atoms with E-state index in [9.17, 15) is 0 Å². The second kappa shape index (κ2) is 7.38. The van der Waals surface area contributed by atoms with Gasteiger partial charge in [0, 0.05) is 6.54 Å². The molecule has 0 atom stereocenters. The van der Waals surface area contributed by atoms with Gasteiger partial charge in [-0.05, 0) is 65.9 Å². The molecule has 0 aliphatic heterocycles. The van der Waals surface area contributed by atoms with Crippen molar-refractivity contribution in [2.45, 2.75) is 13.2 Å². The summed E-state index contributed by atoms with van der Waals surface area (Å²) in [5.74, 6) is 1.81. The third-order valence-corrected chi connectivity index (χ3v) is 4.57. The van der Waals surface area contributed by atoms with Crippen LogP contribution in [0.25, 0.3) is 22.4 Å². The predicted molar refractivity (Wildman–Crippen MR) is 105 cm³/mol. The van der Waals surface area contributed by atoms with Crippen LogP contribution in [0.5, 0.6) is 5.75 Å². The van der Waals surface area contributed by atoms with E-state index in [1.165, 1.54) is 10.9 Å². The summed E-state index contributed by atoms with van der Waals surface area (Å²) in [5, 5.41) is 6.73. The Balaban J connectivity index is 1.48. The molecule has 2 heterocycles. The van der Waals surface area contributed by atoms with Gasteiger partial charge in [0.15, 0.2) is 5.76 Å². The van der Waals surface area contributed by atoms with Gasteiger partial charge in [-0.15, -0.1) is 5.10 Å². The number of benzene rings is 2. The van der Waals surface area contributed by atoms with Gasteiger partial charge in [0.05, 0.1) is 20.0 Å². The number of furan rings is 1. The summed E-state index contributed by atoms with van der Waals surface area (Å²) in [4.78, 5) is 2.44. The van der Waals surface area contributed by atoms with Crippen molar-refractivity contribution in [2.75, 3.05) is 14.2 Å². The fourth-order valence-electron chi connectivity index (χ4n) is 2.98. The van der Waals surface area contributed by atoms with Gasteiger partial charge in [0.2, 0.25) is 0 Å². The zero-order valence-corrected chi connectivity index (χ0v) is 15.9. The summed E-state index contributed by atoms with van der Waals surface area (Å²) in [7, 11) is 3.69. The molecule has 4 aromatic rings. The minimum atomic E-state index is 0.318. The standard InChI is InChI=1S/C20H19N3O3S/c1-22(13-23-20(27)26-19(21-23)18-4-3-9-25-18)12-14-5-6-16-11-17(24-2)8-7-15(16)10-14/h3-11H,12-13H2,1-2H3. The third-order valence-electron chi connectivity index (χ3n) is 4.28. The minimum absolute atomic E-state index is 0.318. The molecule has 0 amide bonds. The van der Waals surface area contributed by atoms with Crippen LogP contribution >= 0.6 is 12.2 Å².